The van der Waals surface area contributed by atoms with E-state index in [9.17, 15) is 18.0 Å². The minimum absolute atomic E-state index is 0.0966. The van der Waals surface area contributed by atoms with Gasteiger partial charge >= 0.3 is 6.18 Å². The van der Waals surface area contributed by atoms with Gasteiger partial charge in [-0.1, -0.05) is 6.07 Å². The Morgan fingerprint density at radius 3 is 2.60 bits per heavy atom. The third kappa shape index (κ3) is 3.34. The molecule has 0 spiro atoms. The van der Waals surface area contributed by atoms with E-state index in [1.165, 1.54) is 24.4 Å². The molecule has 0 aliphatic carbocycles. The van der Waals surface area contributed by atoms with Crippen LogP contribution in [0.3, 0.4) is 0 Å². The number of rotatable bonds is 2. The SMILES string of the molecule is Cc1cc(C(=O)Nc2cccc(C(F)(F)F)c2)ccn1. The summed E-state index contributed by atoms with van der Waals surface area (Å²) in [6.45, 7) is 1.72. The molecular formula is C14H11F3N2O. The first-order valence-corrected chi connectivity index (χ1v) is 5.77. The van der Waals surface area contributed by atoms with E-state index >= 15 is 0 Å². The van der Waals surface area contributed by atoms with Crippen LogP contribution in [0.2, 0.25) is 0 Å². The van der Waals surface area contributed by atoms with Crippen LogP contribution in [0, 0.1) is 6.92 Å². The number of carbonyl (C=O) groups excluding carboxylic acids is 1. The van der Waals surface area contributed by atoms with E-state index in [1.54, 1.807) is 13.0 Å². The molecule has 0 aliphatic heterocycles. The van der Waals surface area contributed by atoms with Crippen LogP contribution in [0.15, 0.2) is 42.6 Å². The van der Waals surface area contributed by atoms with E-state index in [0.717, 1.165) is 12.1 Å². The number of nitrogens with zero attached hydrogens (tertiary/aromatic N) is 1. The molecule has 1 aromatic carbocycles. The Balaban J connectivity index is 2.20. The van der Waals surface area contributed by atoms with Crippen LogP contribution < -0.4 is 5.32 Å². The number of hydrogen-bond acceptors (Lipinski definition) is 2. The lowest BCUT2D eigenvalue weighted by molar-refractivity contribution is -0.137. The largest absolute Gasteiger partial charge is 0.416 e. The van der Waals surface area contributed by atoms with Gasteiger partial charge in [0.25, 0.3) is 5.91 Å². The van der Waals surface area contributed by atoms with Gasteiger partial charge in [-0.25, -0.2) is 0 Å². The van der Waals surface area contributed by atoms with Gasteiger partial charge in [0.1, 0.15) is 0 Å². The van der Waals surface area contributed by atoms with Gasteiger partial charge in [-0.2, -0.15) is 13.2 Å². The molecule has 0 saturated carbocycles. The molecule has 1 aromatic heterocycles. The number of nitrogens with one attached hydrogen (secondary N) is 1. The monoisotopic (exact) mass is 280 g/mol. The van der Waals surface area contributed by atoms with Crippen molar-refractivity contribution in [2.75, 3.05) is 5.32 Å². The second-order valence-corrected chi connectivity index (χ2v) is 4.22. The second-order valence-electron chi connectivity index (χ2n) is 4.22. The van der Waals surface area contributed by atoms with Gasteiger partial charge in [0, 0.05) is 23.1 Å². The molecule has 0 radical (unpaired) electrons. The van der Waals surface area contributed by atoms with Gasteiger partial charge < -0.3 is 5.32 Å². The summed E-state index contributed by atoms with van der Waals surface area (Å²) in [6.07, 6.45) is -2.97. The molecule has 6 heteroatoms. The average Bonchev–Trinajstić information content (AvgIpc) is 2.38. The molecule has 0 fully saturated rings. The molecule has 0 saturated heterocycles. The second kappa shape index (κ2) is 5.32. The third-order valence-corrected chi connectivity index (χ3v) is 2.61. The van der Waals surface area contributed by atoms with Gasteiger partial charge in [0.2, 0.25) is 0 Å². The summed E-state index contributed by atoms with van der Waals surface area (Å²) in [7, 11) is 0. The predicted molar refractivity (Wildman–Crippen MR) is 68.4 cm³/mol. The number of benzene rings is 1. The average molecular weight is 280 g/mol. The first kappa shape index (κ1) is 14.0. The highest BCUT2D eigenvalue weighted by atomic mass is 19.4. The van der Waals surface area contributed by atoms with Crippen LogP contribution in [0.4, 0.5) is 18.9 Å². The first-order chi connectivity index (χ1) is 9.36. The molecule has 3 nitrogen and oxygen atoms in total. The van der Waals surface area contributed by atoms with Crippen LogP contribution in [0.25, 0.3) is 0 Å². The van der Waals surface area contributed by atoms with Crippen LogP contribution >= 0.6 is 0 Å². The molecule has 0 aliphatic rings. The smallest absolute Gasteiger partial charge is 0.322 e. The maximum absolute atomic E-state index is 12.6. The molecular weight excluding hydrogens is 269 g/mol. The maximum Gasteiger partial charge on any atom is 0.416 e. The zero-order valence-corrected chi connectivity index (χ0v) is 10.5. The number of halogens is 3. The first-order valence-electron chi connectivity index (χ1n) is 5.77. The third-order valence-electron chi connectivity index (χ3n) is 2.61. The van der Waals surface area contributed by atoms with Crippen LogP contribution in [0.1, 0.15) is 21.6 Å². The van der Waals surface area contributed by atoms with E-state index < -0.39 is 17.6 Å². The van der Waals surface area contributed by atoms with E-state index in [4.69, 9.17) is 0 Å². The quantitative estimate of drug-likeness (QED) is 0.912. The summed E-state index contributed by atoms with van der Waals surface area (Å²) < 4.78 is 37.7. The lowest BCUT2D eigenvalue weighted by atomic mass is 10.1. The molecule has 104 valence electrons. The molecule has 0 unspecified atom stereocenters. The molecule has 1 amide bonds. The molecule has 2 aromatic rings. The number of carbonyl (C=O) groups is 1. The van der Waals surface area contributed by atoms with E-state index in [1.807, 2.05) is 0 Å². The number of amides is 1. The number of aromatic nitrogens is 1. The minimum atomic E-state index is -4.44. The molecule has 1 heterocycles. The number of aryl methyl sites for hydroxylation is 1. The molecule has 2 rings (SSSR count). The van der Waals surface area contributed by atoms with Crippen molar-refractivity contribution in [3.63, 3.8) is 0 Å². The van der Waals surface area contributed by atoms with Gasteiger partial charge in [-0.05, 0) is 37.3 Å². The summed E-state index contributed by atoms with van der Waals surface area (Å²) in [6, 6.07) is 7.55. The van der Waals surface area contributed by atoms with Crippen molar-refractivity contribution in [3.8, 4) is 0 Å². The van der Waals surface area contributed by atoms with Crippen LogP contribution in [-0.2, 0) is 6.18 Å². The summed E-state index contributed by atoms with van der Waals surface area (Å²) in [4.78, 5) is 15.9. The lowest BCUT2D eigenvalue weighted by Crippen LogP contribution is -2.13. The topological polar surface area (TPSA) is 42.0 Å². The van der Waals surface area contributed by atoms with Crippen molar-refractivity contribution in [3.05, 3.63) is 59.4 Å². The van der Waals surface area contributed by atoms with Crippen molar-refractivity contribution < 1.29 is 18.0 Å². The number of anilines is 1. The summed E-state index contributed by atoms with van der Waals surface area (Å²) in [5.41, 5.74) is 0.289. The zero-order chi connectivity index (χ0) is 14.8. The molecule has 20 heavy (non-hydrogen) atoms. The van der Waals surface area contributed by atoms with Gasteiger partial charge in [0.05, 0.1) is 5.56 Å². The van der Waals surface area contributed by atoms with Gasteiger partial charge in [-0.15, -0.1) is 0 Å². The Kier molecular flexibility index (Phi) is 3.74. The van der Waals surface area contributed by atoms with Crippen molar-refractivity contribution in [1.29, 1.82) is 0 Å². The fourth-order valence-corrected chi connectivity index (χ4v) is 1.66. The number of hydrogen-bond donors (Lipinski definition) is 1. The van der Waals surface area contributed by atoms with Crippen molar-refractivity contribution in [2.45, 2.75) is 13.1 Å². The zero-order valence-electron chi connectivity index (χ0n) is 10.5. The standard InChI is InChI=1S/C14H11F3N2O/c1-9-7-10(5-6-18-9)13(20)19-12-4-2-3-11(8-12)14(15,16)17/h2-8H,1H3,(H,19,20). The summed E-state index contributed by atoms with van der Waals surface area (Å²) in [5, 5.41) is 2.43. The van der Waals surface area contributed by atoms with Crippen LogP contribution in [-0.4, -0.2) is 10.9 Å². The molecule has 1 N–H and O–H groups in total. The van der Waals surface area contributed by atoms with E-state index in [2.05, 4.69) is 10.3 Å². The lowest BCUT2D eigenvalue weighted by Gasteiger charge is -2.10. The van der Waals surface area contributed by atoms with Crippen molar-refractivity contribution in [2.24, 2.45) is 0 Å². The Bertz CT molecular complexity index is 638. The summed E-state index contributed by atoms with van der Waals surface area (Å²) >= 11 is 0. The van der Waals surface area contributed by atoms with E-state index in [-0.39, 0.29) is 5.69 Å². The molecule has 0 bridgehead atoms. The highest BCUT2D eigenvalue weighted by Gasteiger charge is 2.30. The highest BCUT2D eigenvalue weighted by molar-refractivity contribution is 6.04. The normalized spacial score (nSPS) is 11.2. The number of alkyl halides is 3. The molecule has 0 atom stereocenters. The Labute approximate surface area is 113 Å². The highest BCUT2D eigenvalue weighted by Crippen LogP contribution is 2.30. The maximum atomic E-state index is 12.6. The van der Waals surface area contributed by atoms with Crippen molar-refractivity contribution in [1.82, 2.24) is 4.98 Å². The Hall–Kier alpha value is -2.37. The van der Waals surface area contributed by atoms with Crippen LogP contribution in [0.5, 0.6) is 0 Å². The van der Waals surface area contributed by atoms with Gasteiger partial charge in [-0.3, -0.25) is 9.78 Å². The van der Waals surface area contributed by atoms with Crippen molar-refractivity contribution >= 4 is 11.6 Å². The van der Waals surface area contributed by atoms with Gasteiger partial charge in [0.15, 0.2) is 0 Å². The minimum Gasteiger partial charge on any atom is -0.322 e. The number of pyridine rings is 1. The fraction of sp³-hybridized carbons (Fsp3) is 0.143. The predicted octanol–water partition coefficient (Wildman–Crippen LogP) is 3.66. The Morgan fingerprint density at radius 2 is 1.95 bits per heavy atom. The summed E-state index contributed by atoms with van der Waals surface area (Å²) in [5.74, 6) is -0.477. The Morgan fingerprint density at radius 1 is 1.20 bits per heavy atom. The fourth-order valence-electron chi connectivity index (χ4n) is 1.66. The van der Waals surface area contributed by atoms with E-state index in [0.29, 0.717) is 11.3 Å².